The fraction of sp³-hybridized carbons (Fsp3) is 0.417. The van der Waals surface area contributed by atoms with E-state index in [2.05, 4.69) is 15.6 Å². The van der Waals surface area contributed by atoms with Crippen molar-refractivity contribution in [3.8, 4) is 0 Å². The van der Waals surface area contributed by atoms with Gasteiger partial charge in [-0.15, -0.1) is 0 Å². The zero-order valence-corrected chi connectivity index (χ0v) is 10.6. The number of hydrogen-bond donors (Lipinski definition) is 3. The van der Waals surface area contributed by atoms with Gasteiger partial charge in [-0.1, -0.05) is 0 Å². The lowest BCUT2D eigenvalue weighted by molar-refractivity contribution is -0.120. The molecule has 0 bridgehead atoms. The van der Waals surface area contributed by atoms with Crippen LogP contribution in [0.5, 0.6) is 0 Å². The summed E-state index contributed by atoms with van der Waals surface area (Å²) >= 11 is 0. The van der Waals surface area contributed by atoms with Crippen LogP contribution in [0.4, 0.5) is 5.82 Å². The van der Waals surface area contributed by atoms with Gasteiger partial charge in [0, 0.05) is 30.8 Å². The first-order chi connectivity index (χ1) is 8.52. The van der Waals surface area contributed by atoms with Crippen molar-refractivity contribution in [1.29, 1.82) is 0 Å². The Balaban J connectivity index is 2.48. The van der Waals surface area contributed by atoms with Crippen molar-refractivity contribution in [2.75, 3.05) is 18.8 Å². The number of rotatable bonds is 5. The molecule has 2 amide bonds. The maximum absolute atomic E-state index is 11.8. The van der Waals surface area contributed by atoms with Gasteiger partial charge in [0.05, 0.1) is 0 Å². The average molecular weight is 250 g/mol. The van der Waals surface area contributed by atoms with E-state index < -0.39 is 0 Å². The molecule has 0 aliphatic carbocycles. The standard InChI is InChI=1S/C12H18N4O2/c1-3-14-11(17)4-5-15-12(18)9-6-8(2)16-10(13)7-9/h6-7H,3-5H2,1-2H3,(H2,13,16)(H,14,17)(H,15,18). The number of amides is 2. The molecular formula is C12H18N4O2. The number of hydrogen-bond acceptors (Lipinski definition) is 4. The lowest BCUT2D eigenvalue weighted by atomic mass is 10.2. The number of nitrogens with two attached hydrogens (primary N) is 1. The van der Waals surface area contributed by atoms with Gasteiger partial charge < -0.3 is 16.4 Å². The van der Waals surface area contributed by atoms with Crippen LogP contribution in [0.2, 0.25) is 0 Å². The lowest BCUT2D eigenvalue weighted by Gasteiger charge is -2.06. The maximum Gasteiger partial charge on any atom is 0.251 e. The van der Waals surface area contributed by atoms with Gasteiger partial charge in [0.2, 0.25) is 5.91 Å². The third-order valence-corrected chi connectivity index (χ3v) is 2.25. The minimum Gasteiger partial charge on any atom is -0.384 e. The Hall–Kier alpha value is -2.11. The molecule has 0 aliphatic heterocycles. The Bertz CT molecular complexity index is 425. The SMILES string of the molecule is CCNC(=O)CCNC(=O)c1cc(C)nc(N)c1. The molecule has 0 radical (unpaired) electrons. The fourth-order valence-corrected chi connectivity index (χ4v) is 1.50. The second-order valence-electron chi connectivity index (χ2n) is 3.88. The molecule has 4 N–H and O–H groups in total. The van der Waals surface area contributed by atoms with Crippen LogP contribution in [0.25, 0.3) is 0 Å². The van der Waals surface area contributed by atoms with Crippen molar-refractivity contribution in [2.45, 2.75) is 20.3 Å². The number of nitrogens with zero attached hydrogens (tertiary/aromatic N) is 1. The summed E-state index contributed by atoms with van der Waals surface area (Å²) in [5.41, 5.74) is 6.70. The zero-order chi connectivity index (χ0) is 13.5. The predicted octanol–water partition coefficient (Wildman–Crippen LogP) is 0.228. The smallest absolute Gasteiger partial charge is 0.251 e. The summed E-state index contributed by atoms with van der Waals surface area (Å²) in [5.74, 6) is -0.0244. The molecule has 1 aromatic heterocycles. The highest BCUT2D eigenvalue weighted by molar-refractivity contribution is 5.95. The number of nitrogens with one attached hydrogen (secondary N) is 2. The predicted molar refractivity (Wildman–Crippen MR) is 69.0 cm³/mol. The van der Waals surface area contributed by atoms with E-state index in [0.29, 0.717) is 30.2 Å². The van der Waals surface area contributed by atoms with Crippen molar-refractivity contribution < 1.29 is 9.59 Å². The molecule has 1 rings (SSSR count). The van der Waals surface area contributed by atoms with Crippen LogP contribution in [-0.4, -0.2) is 29.9 Å². The second kappa shape index (κ2) is 6.58. The first-order valence-electron chi connectivity index (χ1n) is 5.82. The van der Waals surface area contributed by atoms with E-state index in [1.807, 2.05) is 6.92 Å². The van der Waals surface area contributed by atoms with Gasteiger partial charge in [-0.05, 0) is 26.0 Å². The van der Waals surface area contributed by atoms with E-state index in [4.69, 9.17) is 5.73 Å². The largest absolute Gasteiger partial charge is 0.384 e. The molecule has 0 saturated heterocycles. The monoisotopic (exact) mass is 250 g/mol. The Kier molecular flexibility index (Phi) is 5.10. The fourth-order valence-electron chi connectivity index (χ4n) is 1.50. The summed E-state index contributed by atoms with van der Waals surface area (Å²) in [5, 5.41) is 5.32. The number of aromatic nitrogens is 1. The highest BCUT2D eigenvalue weighted by Gasteiger charge is 2.08. The van der Waals surface area contributed by atoms with Gasteiger partial charge >= 0.3 is 0 Å². The minimum absolute atomic E-state index is 0.0803. The highest BCUT2D eigenvalue weighted by Crippen LogP contribution is 2.06. The van der Waals surface area contributed by atoms with Crippen LogP contribution >= 0.6 is 0 Å². The van der Waals surface area contributed by atoms with Gasteiger partial charge in [-0.25, -0.2) is 4.98 Å². The molecule has 0 atom stereocenters. The highest BCUT2D eigenvalue weighted by atomic mass is 16.2. The van der Waals surface area contributed by atoms with E-state index in [1.54, 1.807) is 13.0 Å². The van der Waals surface area contributed by atoms with Gasteiger partial charge in [0.25, 0.3) is 5.91 Å². The number of carbonyl (C=O) groups is 2. The quantitative estimate of drug-likeness (QED) is 0.696. The third kappa shape index (κ3) is 4.40. The maximum atomic E-state index is 11.8. The molecule has 1 aromatic rings. The number of carbonyl (C=O) groups excluding carboxylic acids is 2. The van der Waals surface area contributed by atoms with Crippen LogP contribution in [0.3, 0.4) is 0 Å². The molecule has 0 aromatic carbocycles. The Morgan fingerprint density at radius 1 is 1.33 bits per heavy atom. The molecule has 6 heteroatoms. The number of pyridine rings is 1. The molecule has 18 heavy (non-hydrogen) atoms. The van der Waals surface area contributed by atoms with E-state index in [0.717, 1.165) is 0 Å². The first-order valence-corrected chi connectivity index (χ1v) is 5.82. The van der Waals surface area contributed by atoms with E-state index >= 15 is 0 Å². The molecule has 0 aliphatic rings. The van der Waals surface area contributed by atoms with Crippen LogP contribution in [0, 0.1) is 6.92 Å². The summed E-state index contributed by atoms with van der Waals surface area (Å²) in [6.07, 6.45) is 0.263. The van der Waals surface area contributed by atoms with E-state index in [-0.39, 0.29) is 18.2 Å². The van der Waals surface area contributed by atoms with Crippen molar-refractivity contribution in [3.05, 3.63) is 23.4 Å². The molecule has 0 spiro atoms. The molecule has 6 nitrogen and oxygen atoms in total. The molecule has 0 saturated carbocycles. The van der Waals surface area contributed by atoms with Crippen molar-refractivity contribution in [1.82, 2.24) is 15.6 Å². The van der Waals surface area contributed by atoms with Crippen LogP contribution in [-0.2, 0) is 4.79 Å². The Morgan fingerprint density at radius 3 is 2.67 bits per heavy atom. The van der Waals surface area contributed by atoms with Gasteiger partial charge in [-0.3, -0.25) is 9.59 Å². The molecule has 98 valence electrons. The zero-order valence-electron chi connectivity index (χ0n) is 10.6. The number of aryl methyl sites for hydroxylation is 1. The molecule has 0 fully saturated rings. The summed E-state index contributed by atoms with van der Waals surface area (Å²) in [6, 6.07) is 3.16. The Labute approximate surface area is 106 Å². The summed E-state index contributed by atoms with van der Waals surface area (Å²) in [6.45, 7) is 4.50. The average Bonchev–Trinajstić information content (AvgIpc) is 2.27. The van der Waals surface area contributed by atoms with Crippen molar-refractivity contribution in [3.63, 3.8) is 0 Å². The summed E-state index contributed by atoms with van der Waals surface area (Å²) in [7, 11) is 0. The molecule has 0 unspecified atom stereocenters. The topological polar surface area (TPSA) is 97.1 Å². The van der Waals surface area contributed by atoms with Gasteiger partial charge in [-0.2, -0.15) is 0 Å². The van der Waals surface area contributed by atoms with Gasteiger partial charge in [0.1, 0.15) is 5.82 Å². The van der Waals surface area contributed by atoms with E-state index in [1.165, 1.54) is 6.07 Å². The summed E-state index contributed by atoms with van der Waals surface area (Å²) in [4.78, 5) is 26.9. The normalized spacial score (nSPS) is 9.89. The van der Waals surface area contributed by atoms with Crippen LogP contribution < -0.4 is 16.4 Å². The van der Waals surface area contributed by atoms with Crippen molar-refractivity contribution >= 4 is 17.6 Å². The summed E-state index contributed by atoms with van der Waals surface area (Å²) < 4.78 is 0. The first kappa shape index (κ1) is 14.0. The molecular weight excluding hydrogens is 232 g/mol. The number of nitrogen functional groups attached to an aromatic ring is 1. The van der Waals surface area contributed by atoms with Crippen molar-refractivity contribution in [2.24, 2.45) is 0 Å². The lowest BCUT2D eigenvalue weighted by Crippen LogP contribution is -2.30. The second-order valence-corrected chi connectivity index (χ2v) is 3.88. The van der Waals surface area contributed by atoms with E-state index in [9.17, 15) is 9.59 Å². The molecule has 1 heterocycles. The third-order valence-electron chi connectivity index (χ3n) is 2.25. The van der Waals surface area contributed by atoms with Gasteiger partial charge in [0.15, 0.2) is 0 Å². The number of anilines is 1. The van der Waals surface area contributed by atoms with Crippen LogP contribution in [0.15, 0.2) is 12.1 Å². The van der Waals surface area contributed by atoms with Crippen LogP contribution in [0.1, 0.15) is 29.4 Å². The Morgan fingerprint density at radius 2 is 2.06 bits per heavy atom. The minimum atomic E-state index is -0.253.